The smallest absolute Gasteiger partial charge is 0.337 e. The van der Waals surface area contributed by atoms with Crippen LogP contribution in [0.4, 0.5) is 0 Å². The second-order valence-electron chi connectivity index (χ2n) is 7.19. The number of methoxy groups -OCH3 is 1. The van der Waals surface area contributed by atoms with Crippen molar-refractivity contribution in [3.63, 3.8) is 0 Å². The lowest BCUT2D eigenvalue weighted by molar-refractivity contribution is 0.0600. The zero-order chi connectivity index (χ0) is 21.1. The summed E-state index contributed by atoms with van der Waals surface area (Å²) in [7, 11) is -2.40. The molecule has 30 heavy (non-hydrogen) atoms. The molecule has 1 aliphatic rings. The van der Waals surface area contributed by atoms with Crippen LogP contribution in [0.2, 0.25) is 0 Å². The van der Waals surface area contributed by atoms with Crippen molar-refractivity contribution in [2.24, 2.45) is 0 Å². The van der Waals surface area contributed by atoms with Gasteiger partial charge >= 0.3 is 5.97 Å². The van der Waals surface area contributed by atoms with Crippen LogP contribution in [0.1, 0.15) is 15.9 Å². The molecule has 0 atom stereocenters. The third-order valence-corrected chi connectivity index (χ3v) is 7.23. The van der Waals surface area contributed by atoms with E-state index in [1.807, 2.05) is 24.3 Å². The van der Waals surface area contributed by atoms with Crippen molar-refractivity contribution >= 4 is 26.9 Å². The fourth-order valence-electron chi connectivity index (χ4n) is 3.71. The van der Waals surface area contributed by atoms with Crippen LogP contribution in [0, 0.1) is 0 Å². The van der Waals surface area contributed by atoms with Gasteiger partial charge in [0.25, 0.3) is 0 Å². The molecule has 0 bridgehead atoms. The molecule has 7 nitrogen and oxygen atoms in total. The Morgan fingerprint density at radius 2 is 1.77 bits per heavy atom. The second-order valence-corrected chi connectivity index (χ2v) is 9.13. The Morgan fingerprint density at radius 1 is 1.03 bits per heavy atom. The molecule has 0 saturated carbocycles. The molecule has 0 unspecified atom stereocenters. The average Bonchev–Trinajstić information content (AvgIpc) is 2.79. The number of piperazine rings is 1. The fraction of sp³-hybridized carbons (Fsp3) is 0.273. The van der Waals surface area contributed by atoms with Crippen molar-refractivity contribution in [3.05, 3.63) is 71.9 Å². The number of benzene rings is 2. The first-order chi connectivity index (χ1) is 14.5. The van der Waals surface area contributed by atoms with Gasteiger partial charge in [-0.1, -0.05) is 30.3 Å². The number of hydrogen-bond acceptors (Lipinski definition) is 6. The number of fused-ring (bicyclic) bond motifs is 1. The summed E-state index contributed by atoms with van der Waals surface area (Å²) < 4.78 is 32.2. The fourth-order valence-corrected chi connectivity index (χ4v) is 5.18. The zero-order valence-electron chi connectivity index (χ0n) is 16.7. The minimum Gasteiger partial charge on any atom is -0.465 e. The molecule has 8 heteroatoms. The van der Waals surface area contributed by atoms with Crippen LogP contribution >= 0.6 is 0 Å². The number of ether oxygens (including phenoxy) is 1. The number of carbonyl (C=O) groups excluding carboxylic acids is 1. The standard InChI is InChI=1S/C22H23N3O4S/c1-29-22(26)18-6-3-9-20(15-18)30(27,28)25-13-11-24(12-14-25)16-19-7-2-5-17-8-4-10-23-21(17)19/h2-10,15H,11-14,16H2,1H3. The number of esters is 1. The minimum absolute atomic E-state index is 0.108. The number of aromatic nitrogens is 1. The molecule has 0 aliphatic carbocycles. The summed E-state index contributed by atoms with van der Waals surface area (Å²) in [6, 6.07) is 16.1. The van der Waals surface area contributed by atoms with Gasteiger partial charge < -0.3 is 4.74 Å². The molecule has 4 rings (SSSR count). The first-order valence-electron chi connectivity index (χ1n) is 9.72. The molecular weight excluding hydrogens is 402 g/mol. The van der Waals surface area contributed by atoms with Crippen LogP contribution in [0.5, 0.6) is 0 Å². The predicted molar refractivity (Wildman–Crippen MR) is 114 cm³/mol. The molecule has 0 spiro atoms. The van der Waals surface area contributed by atoms with E-state index in [-0.39, 0.29) is 10.5 Å². The van der Waals surface area contributed by atoms with Crippen LogP contribution in [-0.2, 0) is 21.3 Å². The highest BCUT2D eigenvalue weighted by atomic mass is 32.2. The zero-order valence-corrected chi connectivity index (χ0v) is 17.5. The Balaban J connectivity index is 1.46. The Bertz CT molecular complexity index is 1170. The van der Waals surface area contributed by atoms with Crippen molar-refractivity contribution in [2.45, 2.75) is 11.4 Å². The highest BCUT2D eigenvalue weighted by Crippen LogP contribution is 2.22. The lowest BCUT2D eigenvalue weighted by Gasteiger charge is -2.34. The summed E-state index contributed by atoms with van der Waals surface area (Å²) in [5.41, 5.74) is 2.34. The SMILES string of the molecule is COC(=O)c1cccc(S(=O)(=O)N2CCN(Cc3cccc4cccnc34)CC2)c1. The molecule has 1 fully saturated rings. The quantitative estimate of drug-likeness (QED) is 0.585. The summed E-state index contributed by atoms with van der Waals surface area (Å²) in [6.45, 7) is 2.75. The molecule has 1 saturated heterocycles. The van der Waals surface area contributed by atoms with Crippen molar-refractivity contribution < 1.29 is 17.9 Å². The van der Waals surface area contributed by atoms with E-state index in [0.29, 0.717) is 26.2 Å². The number of carbonyl (C=O) groups is 1. The van der Waals surface area contributed by atoms with Gasteiger partial charge in [-0.05, 0) is 29.8 Å². The first-order valence-corrected chi connectivity index (χ1v) is 11.2. The van der Waals surface area contributed by atoms with Crippen LogP contribution in [0.15, 0.2) is 65.7 Å². The summed E-state index contributed by atoms with van der Waals surface area (Å²) in [5.74, 6) is -0.555. The third-order valence-electron chi connectivity index (χ3n) is 5.33. The van der Waals surface area contributed by atoms with Crippen molar-refractivity contribution in [3.8, 4) is 0 Å². The van der Waals surface area contributed by atoms with E-state index >= 15 is 0 Å². The second kappa shape index (κ2) is 8.51. The van der Waals surface area contributed by atoms with Crippen molar-refractivity contribution in [2.75, 3.05) is 33.3 Å². The summed E-state index contributed by atoms with van der Waals surface area (Å²) in [5, 5.41) is 1.10. The average molecular weight is 426 g/mol. The van der Waals surface area contributed by atoms with Gasteiger partial charge in [0, 0.05) is 44.3 Å². The van der Waals surface area contributed by atoms with E-state index in [4.69, 9.17) is 4.74 Å². The number of sulfonamides is 1. The topological polar surface area (TPSA) is 79.8 Å². The van der Waals surface area contributed by atoms with Gasteiger partial charge in [-0.2, -0.15) is 4.31 Å². The summed E-state index contributed by atoms with van der Waals surface area (Å²) >= 11 is 0. The van der Waals surface area contributed by atoms with E-state index in [1.54, 1.807) is 18.3 Å². The van der Waals surface area contributed by atoms with Gasteiger partial charge in [0.1, 0.15) is 0 Å². The van der Waals surface area contributed by atoms with Gasteiger partial charge in [0.2, 0.25) is 10.0 Å². The number of pyridine rings is 1. The number of hydrogen-bond donors (Lipinski definition) is 0. The van der Waals surface area contributed by atoms with E-state index in [1.165, 1.54) is 23.5 Å². The molecule has 3 aromatic rings. The minimum atomic E-state index is -3.67. The van der Waals surface area contributed by atoms with Gasteiger partial charge in [-0.25, -0.2) is 13.2 Å². The van der Waals surface area contributed by atoms with E-state index in [9.17, 15) is 13.2 Å². The molecule has 2 heterocycles. The molecule has 0 amide bonds. The molecule has 0 N–H and O–H groups in total. The molecular formula is C22H23N3O4S. The molecule has 156 valence electrons. The monoisotopic (exact) mass is 425 g/mol. The molecule has 1 aromatic heterocycles. The molecule has 1 aliphatic heterocycles. The largest absolute Gasteiger partial charge is 0.465 e. The van der Waals surface area contributed by atoms with Crippen LogP contribution in [0.3, 0.4) is 0 Å². The van der Waals surface area contributed by atoms with Crippen molar-refractivity contribution in [1.29, 1.82) is 0 Å². The maximum Gasteiger partial charge on any atom is 0.337 e. The third kappa shape index (κ3) is 4.07. The summed E-state index contributed by atoms with van der Waals surface area (Å²) in [4.78, 5) is 18.6. The normalized spacial score (nSPS) is 15.9. The maximum absolute atomic E-state index is 13.0. The Kier molecular flexibility index (Phi) is 5.80. The lowest BCUT2D eigenvalue weighted by atomic mass is 10.1. The number of para-hydroxylation sites is 1. The Hall–Kier alpha value is -2.81. The van der Waals surface area contributed by atoms with E-state index in [2.05, 4.69) is 16.0 Å². The molecule has 0 radical (unpaired) electrons. The van der Waals surface area contributed by atoms with Crippen molar-refractivity contribution in [1.82, 2.24) is 14.2 Å². The highest BCUT2D eigenvalue weighted by Gasteiger charge is 2.29. The van der Waals surface area contributed by atoms with Gasteiger partial charge in [-0.15, -0.1) is 0 Å². The van der Waals surface area contributed by atoms with Crippen LogP contribution in [-0.4, -0.2) is 61.9 Å². The van der Waals surface area contributed by atoms with E-state index < -0.39 is 16.0 Å². The van der Waals surface area contributed by atoms with Crippen LogP contribution < -0.4 is 0 Å². The molecule has 2 aromatic carbocycles. The number of rotatable bonds is 5. The lowest BCUT2D eigenvalue weighted by Crippen LogP contribution is -2.48. The van der Waals surface area contributed by atoms with Crippen LogP contribution in [0.25, 0.3) is 10.9 Å². The highest BCUT2D eigenvalue weighted by molar-refractivity contribution is 7.89. The van der Waals surface area contributed by atoms with E-state index in [0.717, 1.165) is 23.0 Å². The number of nitrogens with zero attached hydrogens (tertiary/aromatic N) is 3. The summed E-state index contributed by atoms with van der Waals surface area (Å²) in [6.07, 6.45) is 1.79. The van der Waals surface area contributed by atoms with Gasteiger partial charge in [0.15, 0.2) is 0 Å². The first kappa shape index (κ1) is 20.5. The van der Waals surface area contributed by atoms with Gasteiger partial charge in [0.05, 0.1) is 23.1 Å². The predicted octanol–water partition coefficient (Wildman–Crippen LogP) is 2.53. The maximum atomic E-state index is 13.0. The Morgan fingerprint density at radius 3 is 2.53 bits per heavy atom. The van der Waals surface area contributed by atoms with Gasteiger partial charge in [-0.3, -0.25) is 9.88 Å². The Labute approximate surface area is 175 Å².